The van der Waals surface area contributed by atoms with Crippen LogP contribution in [0.1, 0.15) is 124 Å². The monoisotopic (exact) mass is 625 g/mol. The van der Waals surface area contributed by atoms with Gasteiger partial charge in [-0.05, 0) is 143 Å². The fourth-order valence-corrected chi connectivity index (χ4v) is 12.6. The van der Waals surface area contributed by atoms with Gasteiger partial charge in [-0.1, -0.05) is 34.1 Å². The van der Waals surface area contributed by atoms with Crippen LogP contribution in [0.5, 0.6) is 0 Å². The number of amides is 2. The summed E-state index contributed by atoms with van der Waals surface area (Å²) in [6, 6.07) is 0.211. The molecule has 7 nitrogen and oxygen atoms in total. The van der Waals surface area contributed by atoms with Crippen LogP contribution in [0.4, 0.5) is 0 Å². The number of carbonyl (C=O) groups is 2. The number of piperidine rings is 1. The number of hydrogen-bond acceptors (Lipinski definition) is 5. The molecule has 7 aliphatic rings. The average molecular weight is 626 g/mol. The second-order valence-corrected chi connectivity index (χ2v) is 17.5. The molecule has 2 N–H and O–H groups in total. The number of rotatable bonds is 7. The van der Waals surface area contributed by atoms with E-state index < -0.39 is 0 Å². The van der Waals surface area contributed by atoms with E-state index in [0.29, 0.717) is 47.2 Å². The van der Waals surface area contributed by atoms with Crippen molar-refractivity contribution in [2.45, 2.75) is 142 Å². The Morgan fingerprint density at radius 1 is 0.867 bits per heavy atom. The molecule has 0 aromatic carbocycles. The largest absolute Gasteiger partial charge is 0.356 e. The van der Waals surface area contributed by atoms with E-state index in [1.165, 1.54) is 77.3 Å². The minimum atomic E-state index is -0.327. The van der Waals surface area contributed by atoms with E-state index in [1.54, 1.807) is 0 Å². The van der Waals surface area contributed by atoms with Crippen molar-refractivity contribution in [1.29, 1.82) is 0 Å². The van der Waals surface area contributed by atoms with Crippen LogP contribution in [-0.4, -0.2) is 67.4 Å². The molecule has 0 unspecified atom stereocenters. The fourth-order valence-electron chi connectivity index (χ4n) is 12.6. The Balaban J connectivity index is 0.898. The van der Waals surface area contributed by atoms with E-state index in [-0.39, 0.29) is 30.1 Å². The summed E-state index contributed by atoms with van der Waals surface area (Å²) in [5.74, 6) is 4.23. The number of ether oxygens (including phenoxy) is 2. The molecule has 0 aromatic rings. The quantitative estimate of drug-likeness (QED) is 0.257. The molecular weight excluding hydrogens is 562 g/mol. The molecule has 12 atom stereocenters. The van der Waals surface area contributed by atoms with Crippen molar-refractivity contribution in [3.8, 4) is 0 Å². The zero-order valence-electron chi connectivity index (χ0n) is 28.9. The van der Waals surface area contributed by atoms with Gasteiger partial charge in [0.05, 0.1) is 12.7 Å². The van der Waals surface area contributed by atoms with E-state index in [9.17, 15) is 9.59 Å². The van der Waals surface area contributed by atoms with Gasteiger partial charge in [-0.2, -0.15) is 0 Å². The number of fused-ring (bicyclic) bond motifs is 7. The minimum absolute atomic E-state index is 0.0404. The van der Waals surface area contributed by atoms with E-state index in [1.807, 2.05) is 0 Å². The molecule has 3 heterocycles. The van der Waals surface area contributed by atoms with Crippen LogP contribution in [-0.2, 0) is 19.1 Å². The van der Waals surface area contributed by atoms with Crippen LogP contribution in [0.3, 0.4) is 0 Å². The first-order chi connectivity index (χ1) is 21.6. The maximum absolute atomic E-state index is 12.9. The van der Waals surface area contributed by atoms with Crippen molar-refractivity contribution in [2.24, 2.45) is 52.3 Å². The van der Waals surface area contributed by atoms with E-state index >= 15 is 0 Å². The molecule has 0 aromatic heterocycles. The molecule has 3 aliphatic heterocycles. The minimum Gasteiger partial charge on any atom is -0.356 e. The Labute approximate surface area is 273 Å². The van der Waals surface area contributed by atoms with E-state index in [2.05, 4.69) is 43.2 Å². The lowest BCUT2D eigenvalue weighted by atomic mass is 9.44. The molecule has 3 saturated heterocycles. The molecule has 4 aliphatic carbocycles. The maximum Gasteiger partial charge on any atom is 0.229 e. The third kappa shape index (κ3) is 5.92. The van der Waals surface area contributed by atoms with Gasteiger partial charge < -0.3 is 25.0 Å². The maximum atomic E-state index is 12.9. The lowest BCUT2D eigenvalue weighted by molar-refractivity contribution is -0.273. The van der Waals surface area contributed by atoms with Crippen LogP contribution < -0.4 is 10.6 Å². The number of hydrogen-bond donors (Lipinski definition) is 2. The smallest absolute Gasteiger partial charge is 0.229 e. The Bertz CT molecular complexity index is 1080. The highest BCUT2D eigenvalue weighted by atomic mass is 16.7. The lowest BCUT2D eigenvalue weighted by Gasteiger charge is -2.61. The molecule has 7 fully saturated rings. The predicted octanol–water partition coefficient (Wildman–Crippen LogP) is 6.30. The average Bonchev–Trinajstić information content (AvgIpc) is 3.47. The van der Waals surface area contributed by atoms with Gasteiger partial charge >= 0.3 is 0 Å². The first-order valence-electron chi connectivity index (χ1n) is 19.2. The second-order valence-electron chi connectivity index (χ2n) is 17.5. The number of nitrogens with one attached hydrogen (secondary N) is 2. The topological polar surface area (TPSA) is 79.9 Å². The van der Waals surface area contributed by atoms with Gasteiger partial charge in [-0.3, -0.25) is 9.59 Å². The van der Waals surface area contributed by atoms with Crippen LogP contribution >= 0.6 is 0 Å². The molecule has 4 saturated carbocycles. The van der Waals surface area contributed by atoms with Crippen LogP contribution in [0, 0.1) is 52.3 Å². The fraction of sp³-hybridized carbons (Fsp3) is 0.947. The first kappa shape index (κ1) is 32.4. The third-order valence-electron chi connectivity index (χ3n) is 15.0. The van der Waals surface area contributed by atoms with Crippen LogP contribution in [0.2, 0.25) is 0 Å². The number of likely N-dealkylation sites (tertiary alicyclic amines) is 1. The highest BCUT2D eigenvalue weighted by Gasteiger charge is 2.69. The molecule has 0 bridgehead atoms. The summed E-state index contributed by atoms with van der Waals surface area (Å²) in [6.45, 7) is 14.9. The van der Waals surface area contributed by atoms with Crippen molar-refractivity contribution < 1.29 is 19.1 Å². The zero-order valence-corrected chi connectivity index (χ0v) is 28.9. The SMILES string of the molecule is C[C@H]1CC[C@@]2(OC1)O[C@H]1C[C@H]3[C@@H]4CC[C@@H]5C[C@@H](NC(=O)CC(=O)NCCCN6CCCCC6)CC[C@]5(C)[C@H]4CC[C@]3(C)[C@H]1[C@@H]2C. The van der Waals surface area contributed by atoms with Crippen molar-refractivity contribution >= 4 is 11.8 Å². The molecular formula is C38H63N3O4. The van der Waals surface area contributed by atoms with Crippen LogP contribution in [0.15, 0.2) is 0 Å². The highest BCUT2D eigenvalue weighted by Crippen LogP contribution is 2.71. The summed E-state index contributed by atoms with van der Waals surface area (Å²) in [5, 5.41) is 6.27. The first-order valence-corrected chi connectivity index (χ1v) is 19.2. The van der Waals surface area contributed by atoms with E-state index in [0.717, 1.165) is 56.6 Å². The van der Waals surface area contributed by atoms with Crippen molar-refractivity contribution in [1.82, 2.24) is 15.5 Å². The Hall–Kier alpha value is -1.18. The Morgan fingerprint density at radius 3 is 2.44 bits per heavy atom. The molecule has 0 radical (unpaired) electrons. The van der Waals surface area contributed by atoms with Gasteiger partial charge in [0, 0.05) is 24.9 Å². The molecule has 7 heteroatoms. The predicted molar refractivity (Wildman–Crippen MR) is 176 cm³/mol. The van der Waals surface area contributed by atoms with Gasteiger partial charge in [-0.25, -0.2) is 0 Å². The molecule has 45 heavy (non-hydrogen) atoms. The van der Waals surface area contributed by atoms with Crippen LogP contribution in [0.25, 0.3) is 0 Å². The van der Waals surface area contributed by atoms with Gasteiger partial charge in [0.1, 0.15) is 6.42 Å². The molecule has 254 valence electrons. The van der Waals surface area contributed by atoms with Crippen molar-refractivity contribution in [2.75, 3.05) is 32.8 Å². The second kappa shape index (κ2) is 12.7. The summed E-state index contributed by atoms with van der Waals surface area (Å²) in [4.78, 5) is 27.9. The summed E-state index contributed by atoms with van der Waals surface area (Å²) in [6.07, 6.45) is 17.3. The highest BCUT2D eigenvalue weighted by molar-refractivity contribution is 5.96. The van der Waals surface area contributed by atoms with E-state index in [4.69, 9.17) is 9.47 Å². The normalized spacial score (nSPS) is 47.8. The van der Waals surface area contributed by atoms with Crippen molar-refractivity contribution in [3.05, 3.63) is 0 Å². The zero-order chi connectivity index (χ0) is 31.4. The van der Waals surface area contributed by atoms with Crippen molar-refractivity contribution in [3.63, 3.8) is 0 Å². The Morgan fingerprint density at radius 2 is 1.67 bits per heavy atom. The van der Waals surface area contributed by atoms with Gasteiger partial charge in [0.2, 0.25) is 11.8 Å². The molecule has 2 amide bonds. The summed E-state index contributed by atoms with van der Waals surface area (Å²) < 4.78 is 13.5. The summed E-state index contributed by atoms with van der Waals surface area (Å²) >= 11 is 0. The summed E-state index contributed by atoms with van der Waals surface area (Å²) in [7, 11) is 0. The molecule has 1 spiro atoms. The lowest BCUT2D eigenvalue weighted by Crippen LogP contribution is -2.56. The Kier molecular flexibility index (Phi) is 9.13. The molecule has 7 rings (SSSR count). The van der Waals surface area contributed by atoms with Gasteiger partial charge in [0.15, 0.2) is 5.79 Å². The number of carbonyl (C=O) groups excluding carboxylic acids is 2. The third-order valence-corrected chi connectivity index (χ3v) is 15.0. The number of nitrogens with zero attached hydrogens (tertiary/aromatic N) is 1. The van der Waals surface area contributed by atoms with Gasteiger partial charge in [-0.15, -0.1) is 0 Å². The standard InChI is InChI=1S/C38H63N3O4/c1-25-11-16-38(44-24-25)26(2)35-32(45-38)22-31-29-10-9-27-21-28(12-14-36(27,3)30(29)13-15-37(31,35)4)40-34(43)23-33(42)39-17-8-20-41-18-6-5-7-19-41/h25-32,35H,5-24H2,1-4H3,(H,39,42)(H,40,43)/t25-,26-,27+,28-,29+,30-,31-,32-,35-,36-,37-,38+/m0/s1. The van der Waals surface area contributed by atoms with Gasteiger partial charge in [0.25, 0.3) is 0 Å². The summed E-state index contributed by atoms with van der Waals surface area (Å²) in [5.41, 5.74) is 0.731.